The number of aryl methyl sites for hydroxylation is 1. The molecule has 0 fully saturated rings. The van der Waals surface area contributed by atoms with Crippen LogP contribution in [0.5, 0.6) is 0 Å². The number of anilines is 1. The molecular formula is C14H9Br2F2NO. The summed E-state index contributed by atoms with van der Waals surface area (Å²) in [6.07, 6.45) is 0. The van der Waals surface area contributed by atoms with E-state index in [9.17, 15) is 13.6 Å². The standard InChI is InChI=1S/C14H9Br2F2NO/c1-7-2-3-8(4-9(7)15)14(20)19-13-5-10(16)11(17)6-12(13)18/h2-6H,1H3,(H,19,20). The lowest BCUT2D eigenvalue weighted by Crippen LogP contribution is -2.13. The first-order chi connectivity index (χ1) is 9.38. The molecule has 1 amide bonds. The molecule has 0 saturated carbocycles. The van der Waals surface area contributed by atoms with Crippen molar-refractivity contribution >= 4 is 43.5 Å². The number of nitrogens with one attached hydrogen (secondary N) is 1. The predicted octanol–water partition coefficient (Wildman–Crippen LogP) is 5.05. The van der Waals surface area contributed by atoms with Gasteiger partial charge in [-0.25, -0.2) is 8.78 Å². The van der Waals surface area contributed by atoms with Crippen molar-refractivity contribution in [2.45, 2.75) is 6.92 Å². The third-order valence-electron chi connectivity index (χ3n) is 2.69. The molecule has 2 aromatic carbocycles. The number of benzene rings is 2. The molecule has 0 aliphatic rings. The van der Waals surface area contributed by atoms with Gasteiger partial charge in [-0.1, -0.05) is 22.0 Å². The average molecular weight is 405 g/mol. The molecule has 1 N–H and O–H groups in total. The molecule has 0 bridgehead atoms. The Morgan fingerprint density at radius 2 is 1.75 bits per heavy atom. The molecule has 0 heterocycles. The van der Waals surface area contributed by atoms with E-state index in [1.165, 1.54) is 6.07 Å². The van der Waals surface area contributed by atoms with Crippen molar-refractivity contribution in [3.8, 4) is 0 Å². The van der Waals surface area contributed by atoms with E-state index in [0.29, 0.717) is 11.6 Å². The molecule has 0 radical (unpaired) electrons. The average Bonchev–Trinajstić information content (AvgIpc) is 2.39. The second kappa shape index (κ2) is 6.01. The number of carbonyl (C=O) groups is 1. The Kier molecular flexibility index (Phi) is 4.55. The molecule has 0 aliphatic carbocycles. The summed E-state index contributed by atoms with van der Waals surface area (Å²) in [5.74, 6) is -2.02. The number of amides is 1. The fraction of sp³-hybridized carbons (Fsp3) is 0.0714. The molecule has 20 heavy (non-hydrogen) atoms. The fourth-order valence-electron chi connectivity index (χ4n) is 1.55. The zero-order valence-electron chi connectivity index (χ0n) is 10.3. The maximum atomic E-state index is 13.6. The van der Waals surface area contributed by atoms with Crippen LogP contribution in [0.1, 0.15) is 15.9 Å². The van der Waals surface area contributed by atoms with Crippen LogP contribution in [0.2, 0.25) is 0 Å². The van der Waals surface area contributed by atoms with Gasteiger partial charge in [-0.05, 0) is 46.6 Å². The van der Waals surface area contributed by atoms with E-state index in [0.717, 1.165) is 10.0 Å². The highest BCUT2D eigenvalue weighted by molar-refractivity contribution is 9.10. The summed E-state index contributed by atoms with van der Waals surface area (Å²) >= 11 is 6.27. The summed E-state index contributed by atoms with van der Waals surface area (Å²) in [6, 6.07) is 6.94. The molecule has 0 spiro atoms. The van der Waals surface area contributed by atoms with Crippen molar-refractivity contribution in [3.63, 3.8) is 0 Å². The monoisotopic (exact) mass is 403 g/mol. The van der Waals surface area contributed by atoms with Gasteiger partial charge in [0.15, 0.2) is 0 Å². The minimum absolute atomic E-state index is 0.0827. The third kappa shape index (κ3) is 3.24. The molecule has 104 valence electrons. The second-order valence-electron chi connectivity index (χ2n) is 4.16. The summed E-state index contributed by atoms with van der Waals surface area (Å²) in [4.78, 5) is 12.0. The minimum Gasteiger partial charge on any atom is -0.319 e. The Morgan fingerprint density at radius 1 is 1.05 bits per heavy atom. The van der Waals surface area contributed by atoms with E-state index in [2.05, 4.69) is 37.2 Å². The van der Waals surface area contributed by atoms with Gasteiger partial charge in [0.05, 0.1) is 10.2 Å². The molecule has 0 unspecified atom stereocenters. The number of halogens is 4. The molecule has 0 aromatic heterocycles. The number of hydrogen-bond donors (Lipinski definition) is 1. The summed E-state index contributed by atoms with van der Waals surface area (Å²) in [6.45, 7) is 1.89. The quantitative estimate of drug-likeness (QED) is 0.697. The van der Waals surface area contributed by atoms with E-state index in [4.69, 9.17) is 0 Å². The first-order valence-electron chi connectivity index (χ1n) is 5.60. The second-order valence-corrected chi connectivity index (χ2v) is 5.87. The van der Waals surface area contributed by atoms with Crippen molar-refractivity contribution in [2.75, 3.05) is 5.32 Å². The van der Waals surface area contributed by atoms with Crippen LogP contribution in [0, 0.1) is 18.6 Å². The molecule has 2 aromatic rings. The summed E-state index contributed by atoms with van der Waals surface area (Å²) < 4.78 is 27.5. The smallest absolute Gasteiger partial charge is 0.255 e. The van der Waals surface area contributed by atoms with E-state index >= 15 is 0 Å². The van der Waals surface area contributed by atoms with Crippen LogP contribution in [0.3, 0.4) is 0 Å². The van der Waals surface area contributed by atoms with E-state index in [1.54, 1.807) is 18.2 Å². The van der Waals surface area contributed by atoms with Crippen LogP contribution < -0.4 is 5.32 Å². The molecule has 0 saturated heterocycles. The number of carbonyl (C=O) groups excluding carboxylic acids is 1. The maximum Gasteiger partial charge on any atom is 0.255 e. The highest BCUT2D eigenvalue weighted by Gasteiger charge is 2.13. The number of hydrogen-bond acceptors (Lipinski definition) is 1. The highest BCUT2D eigenvalue weighted by atomic mass is 79.9. The zero-order chi connectivity index (χ0) is 14.9. The maximum absolute atomic E-state index is 13.6. The van der Waals surface area contributed by atoms with Crippen molar-refractivity contribution in [3.05, 3.63) is 62.0 Å². The lowest BCUT2D eigenvalue weighted by molar-refractivity contribution is 0.102. The summed E-state index contributed by atoms with van der Waals surface area (Å²) in [7, 11) is 0. The Balaban J connectivity index is 2.27. The van der Waals surface area contributed by atoms with Crippen LogP contribution in [0.4, 0.5) is 14.5 Å². The zero-order valence-corrected chi connectivity index (χ0v) is 13.5. The molecule has 0 atom stereocenters. The van der Waals surface area contributed by atoms with Gasteiger partial charge in [-0.2, -0.15) is 0 Å². The molecular weight excluding hydrogens is 396 g/mol. The number of rotatable bonds is 2. The van der Waals surface area contributed by atoms with Crippen molar-refractivity contribution in [1.82, 2.24) is 0 Å². The predicted molar refractivity (Wildman–Crippen MR) is 80.9 cm³/mol. The molecule has 2 rings (SSSR count). The Hall–Kier alpha value is -1.27. The summed E-state index contributed by atoms with van der Waals surface area (Å²) in [5, 5.41) is 2.41. The van der Waals surface area contributed by atoms with Crippen LogP contribution in [-0.2, 0) is 0 Å². The normalized spacial score (nSPS) is 10.4. The van der Waals surface area contributed by atoms with Crippen LogP contribution in [0.15, 0.2) is 39.3 Å². The van der Waals surface area contributed by atoms with Crippen molar-refractivity contribution in [1.29, 1.82) is 0 Å². The topological polar surface area (TPSA) is 29.1 Å². The minimum atomic E-state index is -0.828. The third-order valence-corrected chi connectivity index (χ3v) is 4.15. The molecule has 2 nitrogen and oxygen atoms in total. The van der Waals surface area contributed by atoms with Gasteiger partial charge in [-0.3, -0.25) is 4.79 Å². The van der Waals surface area contributed by atoms with Gasteiger partial charge in [-0.15, -0.1) is 0 Å². The van der Waals surface area contributed by atoms with Crippen LogP contribution in [0.25, 0.3) is 0 Å². The molecule has 6 heteroatoms. The van der Waals surface area contributed by atoms with Gasteiger partial charge in [0.2, 0.25) is 0 Å². The lowest BCUT2D eigenvalue weighted by Gasteiger charge is -2.08. The van der Waals surface area contributed by atoms with E-state index in [1.807, 2.05) is 6.92 Å². The Morgan fingerprint density at radius 3 is 2.40 bits per heavy atom. The van der Waals surface area contributed by atoms with Crippen molar-refractivity contribution in [2.24, 2.45) is 0 Å². The van der Waals surface area contributed by atoms with Gasteiger partial charge >= 0.3 is 0 Å². The van der Waals surface area contributed by atoms with Gasteiger partial charge in [0, 0.05) is 16.1 Å². The van der Waals surface area contributed by atoms with E-state index in [-0.39, 0.29) is 10.2 Å². The van der Waals surface area contributed by atoms with Crippen LogP contribution >= 0.6 is 31.9 Å². The van der Waals surface area contributed by atoms with Gasteiger partial charge < -0.3 is 5.32 Å². The lowest BCUT2D eigenvalue weighted by atomic mass is 10.1. The molecule has 0 aliphatic heterocycles. The largest absolute Gasteiger partial charge is 0.319 e. The fourth-order valence-corrected chi connectivity index (χ4v) is 2.27. The first kappa shape index (κ1) is 15.1. The SMILES string of the molecule is Cc1ccc(C(=O)Nc2cc(Br)c(F)cc2F)cc1Br. The Bertz CT molecular complexity index is 689. The summed E-state index contributed by atoms with van der Waals surface area (Å²) in [5.41, 5.74) is 1.28. The van der Waals surface area contributed by atoms with E-state index < -0.39 is 17.5 Å². The van der Waals surface area contributed by atoms with Crippen LogP contribution in [-0.4, -0.2) is 5.91 Å². The highest BCUT2D eigenvalue weighted by Crippen LogP contribution is 2.24. The Labute approximate surface area is 131 Å². The first-order valence-corrected chi connectivity index (χ1v) is 7.19. The van der Waals surface area contributed by atoms with Crippen molar-refractivity contribution < 1.29 is 13.6 Å². The van der Waals surface area contributed by atoms with Gasteiger partial charge in [0.25, 0.3) is 5.91 Å². The van der Waals surface area contributed by atoms with Gasteiger partial charge in [0.1, 0.15) is 11.6 Å².